The molecule has 0 aliphatic heterocycles. The van der Waals surface area contributed by atoms with Gasteiger partial charge in [-0.05, 0) is 12.1 Å². The number of carbonyl (C=O) groups excluding carboxylic acids is 1. The van der Waals surface area contributed by atoms with Crippen molar-refractivity contribution in [2.24, 2.45) is 0 Å². The second kappa shape index (κ2) is 11.8. The highest BCUT2D eigenvalue weighted by Crippen LogP contribution is 2.12. The highest BCUT2D eigenvalue weighted by molar-refractivity contribution is 7.80. The SMILES string of the molecule is [C-]#[N+]/C(C#N)=c1/cc(OCCOS(=O)(=O)O)/c(=C(\C#N)[N+]#[C-])cc1OCCOC(C)=O. The molecule has 0 radical (unpaired) electrons. The first-order chi connectivity index (χ1) is 14.7. The summed E-state index contributed by atoms with van der Waals surface area (Å²) in [4.78, 5) is 17.0. The number of ether oxygens (including phenoxy) is 3. The third-order valence-electron chi connectivity index (χ3n) is 3.25. The Balaban J connectivity index is 3.53. The molecule has 1 rings (SSSR count). The lowest BCUT2D eigenvalue weighted by atomic mass is 10.1. The Bertz CT molecular complexity index is 1210. The van der Waals surface area contributed by atoms with Gasteiger partial charge in [0.1, 0.15) is 37.9 Å². The van der Waals surface area contributed by atoms with Crippen molar-refractivity contribution in [2.75, 3.05) is 26.4 Å². The van der Waals surface area contributed by atoms with Crippen molar-refractivity contribution < 1.29 is 36.2 Å². The maximum absolute atomic E-state index is 10.9. The number of esters is 1. The summed E-state index contributed by atoms with van der Waals surface area (Å²) in [5, 5.41) is 18.4. The number of benzene rings is 1. The molecule has 12 nitrogen and oxygen atoms in total. The summed E-state index contributed by atoms with van der Waals surface area (Å²) < 4.78 is 49.5. The number of hydrogen-bond donors (Lipinski definition) is 1. The summed E-state index contributed by atoms with van der Waals surface area (Å²) in [5.74, 6) is -0.725. The Morgan fingerprint density at radius 3 is 1.81 bits per heavy atom. The largest absolute Gasteiger partial charge is 0.492 e. The van der Waals surface area contributed by atoms with Crippen molar-refractivity contribution >= 4 is 27.8 Å². The molecule has 0 aliphatic carbocycles. The molecule has 1 N–H and O–H groups in total. The van der Waals surface area contributed by atoms with E-state index in [-0.39, 0.29) is 35.2 Å². The molecule has 160 valence electrons. The molecule has 0 saturated heterocycles. The van der Waals surface area contributed by atoms with Crippen LogP contribution in [0.25, 0.3) is 21.1 Å². The first-order valence-electron chi connectivity index (χ1n) is 8.15. The third-order valence-corrected chi connectivity index (χ3v) is 3.71. The maximum Gasteiger partial charge on any atom is 0.397 e. The molecular formula is C18H14N4O8S. The van der Waals surface area contributed by atoms with Crippen molar-refractivity contribution in [1.82, 2.24) is 0 Å². The van der Waals surface area contributed by atoms with Gasteiger partial charge < -0.3 is 14.2 Å². The minimum absolute atomic E-state index is 0.0305. The van der Waals surface area contributed by atoms with Gasteiger partial charge >= 0.3 is 16.4 Å². The molecule has 1 aromatic carbocycles. The fraction of sp³-hybridized carbons (Fsp3) is 0.278. The molecule has 0 heterocycles. The number of hydrogen-bond acceptors (Lipinski definition) is 9. The van der Waals surface area contributed by atoms with Crippen molar-refractivity contribution in [3.8, 4) is 23.6 Å². The normalized spacial score (nSPS) is 12.2. The molecule has 0 aromatic heterocycles. The standard InChI is InChI=1S/C18H14N4O8S/c1-12(23)27-4-5-28-17-8-14(16(11-20)22-3)18(9-13(17)15(10-19)21-2)29-6-7-30-31(24,25)26/h8-9H,4-7H2,1H3,(H,24,25,26)/b15-13-,16-14+. The number of nitrogens with zero attached hydrogens (tertiary/aromatic N) is 4. The summed E-state index contributed by atoms with van der Waals surface area (Å²) in [6, 6.07) is 5.71. The van der Waals surface area contributed by atoms with Crippen LogP contribution in [0.15, 0.2) is 12.1 Å². The van der Waals surface area contributed by atoms with Crippen LogP contribution in [0, 0.1) is 35.8 Å². The van der Waals surface area contributed by atoms with Crippen LogP contribution in [0.3, 0.4) is 0 Å². The summed E-state index contributed by atoms with van der Waals surface area (Å²) >= 11 is 0. The molecule has 0 amide bonds. The van der Waals surface area contributed by atoms with E-state index >= 15 is 0 Å². The lowest BCUT2D eigenvalue weighted by molar-refractivity contribution is -0.141. The molecule has 31 heavy (non-hydrogen) atoms. The van der Waals surface area contributed by atoms with E-state index in [1.54, 1.807) is 12.1 Å². The molecule has 0 fully saturated rings. The smallest absolute Gasteiger partial charge is 0.397 e. The molecule has 0 atom stereocenters. The maximum atomic E-state index is 10.9. The van der Waals surface area contributed by atoms with Gasteiger partial charge in [0.2, 0.25) is 0 Å². The van der Waals surface area contributed by atoms with Crippen molar-refractivity contribution in [3.05, 3.63) is 45.4 Å². The summed E-state index contributed by atoms with van der Waals surface area (Å²) in [5.41, 5.74) is -0.808. The van der Waals surface area contributed by atoms with Crippen molar-refractivity contribution in [3.63, 3.8) is 0 Å². The van der Waals surface area contributed by atoms with Crippen LogP contribution in [0.5, 0.6) is 11.5 Å². The number of carbonyl (C=O) groups is 1. The van der Waals surface area contributed by atoms with Gasteiger partial charge in [0.05, 0.1) is 25.3 Å². The number of rotatable bonds is 9. The first kappa shape index (κ1) is 24.9. The first-order valence-corrected chi connectivity index (χ1v) is 9.52. The lowest BCUT2D eigenvalue weighted by Gasteiger charge is -2.12. The van der Waals surface area contributed by atoms with Gasteiger partial charge in [0, 0.05) is 17.4 Å². The summed E-state index contributed by atoms with van der Waals surface area (Å²) in [7, 11) is -4.70. The van der Waals surface area contributed by atoms with Gasteiger partial charge in [0.15, 0.2) is 0 Å². The van der Waals surface area contributed by atoms with Crippen LogP contribution in [-0.4, -0.2) is 45.4 Å². The molecule has 0 aliphatic rings. The molecule has 1 aromatic rings. The topological polar surface area (TPSA) is 165 Å². The van der Waals surface area contributed by atoms with Gasteiger partial charge in [-0.2, -0.15) is 8.42 Å². The average molecular weight is 446 g/mol. The molecule has 0 spiro atoms. The van der Waals surface area contributed by atoms with Crippen LogP contribution in [-0.2, 0) is 24.1 Å². The van der Waals surface area contributed by atoms with Gasteiger partial charge in [-0.15, -0.1) is 0 Å². The molecular weight excluding hydrogens is 432 g/mol. The molecule has 13 heteroatoms. The highest BCUT2D eigenvalue weighted by Gasteiger charge is 2.12. The Kier molecular flexibility index (Phi) is 9.45. The third kappa shape index (κ3) is 8.01. The fourth-order valence-corrected chi connectivity index (χ4v) is 2.37. The molecule has 0 saturated carbocycles. The van der Waals surface area contributed by atoms with E-state index in [9.17, 15) is 23.7 Å². The van der Waals surface area contributed by atoms with E-state index in [1.165, 1.54) is 19.1 Å². The number of nitriles is 2. The van der Waals surface area contributed by atoms with Crippen molar-refractivity contribution in [1.29, 1.82) is 10.5 Å². The van der Waals surface area contributed by atoms with Crippen LogP contribution >= 0.6 is 0 Å². The van der Waals surface area contributed by atoms with E-state index in [0.717, 1.165) is 0 Å². The Labute approximate surface area is 177 Å². The summed E-state index contributed by atoms with van der Waals surface area (Å²) in [6.07, 6.45) is 0. The summed E-state index contributed by atoms with van der Waals surface area (Å²) in [6.45, 7) is 14.2. The van der Waals surface area contributed by atoms with E-state index in [1.807, 2.05) is 0 Å². The second-order valence-electron chi connectivity index (χ2n) is 5.28. The highest BCUT2D eigenvalue weighted by atomic mass is 32.3. The van der Waals surface area contributed by atoms with E-state index in [2.05, 4.69) is 13.9 Å². The van der Waals surface area contributed by atoms with E-state index in [0.29, 0.717) is 0 Å². The zero-order valence-electron chi connectivity index (χ0n) is 16.0. The minimum Gasteiger partial charge on any atom is -0.492 e. The van der Waals surface area contributed by atoms with Gasteiger partial charge in [-0.1, -0.05) is 0 Å². The van der Waals surface area contributed by atoms with E-state index in [4.69, 9.17) is 31.9 Å². The predicted molar refractivity (Wildman–Crippen MR) is 102 cm³/mol. The Morgan fingerprint density at radius 1 is 1.00 bits per heavy atom. The monoisotopic (exact) mass is 446 g/mol. The predicted octanol–water partition coefficient (Wildman–Crippen LogP) is -0.0712. The quantitative estimate of drug-likeness (QED) is 0.235. The second-order valence-corrected chi connectivity index (χ2v) is 6.37. The van der Waals surface area contributed by atoms with Gasteiger partial charge in [0.25, 0.3) is 11.4 Å². The zero-order chi connectivity index (χ0) is 23.4. The zero-order valence-corrected chi connectivity index (χ0v) is 16.8. The minimum atomic E-state index is -4.70. The van der Waals surface area contributed by atoms with Gasteiger partial charge in [-0.3, -0.25) is 9.35 Å². The fourth-order valence-electron chi connectivity index (χ4n) is 2.09. The van der Waals surface area contributed by atoms with Gasteiger partial charge in [-0.25, -0.2) is 24.4 Å². The molecule has 0 unspecified atom stereocenters. The Hall–Kier alpha value is -4.14. The van der Waals surface area contributed by atoms with Crippen LogP contribution in [0.2, 0.25) is 0 Å². The Morgan fingerprint density at radius 2 is 1.45 bits per heavy atom. The van der Waals surface area contributed by atoms with Crippen molar-refractivity contribution in [2.45, 2.75) is 6.92 Å². The average Bonchev–Trinajstić information content (AvgIpc) is 2.71. The van der Waals surface area contributed by atoms with Crippen LogP contribution in [0.1, 0.15) is 6.92 Å². The van der Waals surface area contributed by atoms with E-state index < -0.39 is 41.0 Å². The lowest BCUT2D eigenvalue weighted by Crippen LogP contribution is -2.22. The molecule has 0 bridgehead atoms. The van der Waals surface area contributed by atoms with Crippen LogP contribution < -0.4 is 19.9 Å². The van der Waals surface area contributed by atoms with Crippen LogP contribution in [0.4, 0.5) is 0 Å².